The van der Waals surface area contributed by atoms with Gasteiger partial charge in [0.05, 0.1) is 24.1 Å². The largest absolute Gasteiger partial charge is 0.495 e. The van der Waals surface area contributed by atoms with E-state index in [0.29, 0.717) is 74.9 Å². The third kappa shape index (κ3) is 7.96. The summed E-state index contributed by atoms with van der Waals surface area (Å²) in [4.78, 5) is 42.6. The highest BCUT2D eigenvalue weighted by Crippen LogP contribution is 2.36. The number of hydrogen-bond donors (Lipinski definition) is 3. The van der Waals surface area contributed by atoms with E-state index in [0.717, 1.165) is 12.0 Å². The summed E-state index contributed by atoms with van der Waals surface area (Å²) in [5.74, 6) is 0.302. The van der Waals surface area contributed by atoms with Crippen molar-refractivity contribution in [3.05, 3.63) is 71.3 Å². The maximum absolute atomic E-state index is 13.8. The first-order valence-corrected chi connectivity index (χ1v) is 15.5. The summed E-state index contributed by atoms with van der Waals surface area (Å²) in [6.45, 7) is 2.63. The van der Waals surface area contributed by atoms with Gasteiger partial charge in [-0.15, -0.1) is 0 Å². The molecule has 2 aromatic rings. The number of halogens is 1. The van der Waals surface area contributed by atoms with Crippen LogP contribution in [0.1, 0.15) is 37.7 Å². The lowest BCUT2D eigenvalue weighted by Crippen LogP contribution is -2.58. The van der Waals surface area contributed by atoms with E-state index < -0.39 is 11.5 Å². The molecule has 2 saturated heterocycles. The maximum Gasteiger partial charge on any atom is 0.243 e. The first-order valence-electron chi connectivity index (χ1n) is 15.1. The van der Waals surface area contributed by atoms with Crippen molar-refractivity contribution in [1.29, 1.82) is 0 Å². The fourth-order valence-electron chi connectivity index (χ4n) is 6.35. The van der Waals surface area contributed by atoms with E-state index in [2.05, 4.69) is 33.0 Å². The van der Waals surface area contributed by atoms with Gasteiger partial charge in [-0.2, -0.15) is 0 Å². The number of anilines is 1. The predicted molar refractivity (Wildman–Crippen MR) is 166 cm³/mol. The minimum absolute atomic E-state index is 0.0662. The van der Waals surface area contributed by atoms with Crippen LogP contribution in [0.15, 0.2) is 60.7 Å². The smallest absolute Gasteiger partial charge is 0.243 e. The van der Waals surface area contributed by atoms with Crippen molar-refractivity contribution in [2.45, 2.75) is 50.6 Å². The van der Waals surface area contributed by atoms with Crippen molar-refractivity contribution in [2.24, 2.45) is 11.3 Å². The fraction of sp³-hybridized carbons (Fsp3) is 0.485. The van der Waals surface area contributed by atoms with E-state index in [1.165, 1.54) is 0 Å². The number of nitrogens with zero attached hydrogens (tertiary/aromatic N) is 1. The molecule has 3 N–H and O–H groups in total. The first kappa shape index (κ1) is 31.0. The van der Waals surface area contributed by atoms with Crippen LogP contribution in [0.2, 0.25) is 5.02 Å². The SMILES string of the molecule is COc1ccc(NC(=O)CN2CC[C@H]3NC(=O)[C@H](Cc4ccccc4)NC(=O)C4(C/C=C/C[C@H]3C2)CCOCC4)cc1Cl. The van der Waals surface area contributed by atoms with E-state index in [1.54, 1.807) is 25.3 Å². The molecule has 10 heteroatoms. The average Bonchev–Trinajstić information content (AvgIpc) is 3.00. The van der Waals surface area contributed by atoms with Crippen LogP contribution in [0, 0.1) is 11.3 Å². The van der Waals surface area contributed by atoms with E-state index in [9.17, 15) is 14.4 Å². The lowest BCUT2D eigenvalue weighted by Gasteiger charge is -2.40. The van der Waals surface area contributed by atoms with Crippen LogP contribution in [0.4, 0.5) is 5.69 Å². The maximum atomic E-state index is 13.8. The van der Waals surface area contributed by atoms with Gasteiger partial charge in [-0.25, -0.2) is 0 Å². The summed E-state index contributed by atoms with van der Waals surface area (Å²) < 4.78 is 10.8. The number of piperidine rings is 1. The Bertz CT molecular complexity index is 1310. The molecule has 9 nitrogen and oxygen atoms in total. The van der Waals surface area contributed by atoms with Gasteiger partial charge in [0, 0.05) is 44.5 Å². The zero-order valence-electron chi connectivity index (χ0n) is 24.7. The predicted octanol–water partition coefficient (Wildman–Crippen LogP) is 3.97. The fourth-order valence-corrected chi connectivity index (χ4v) is 6.61. The lowest BCUT2D eigenvalue weighted by molar-refractivity contribution is -0.140. The number of carbonyl (C=O) groups is 3. The third-order valence-electron chi connectivity index (χ3n) is 8.90. The molecule has 0 unspecified atom stereocenters. The molecule has 230 valence electrons. The Morgan fingerprint density at radius 3 is 2.65 bits per heavy atom. The van der Waals surface area contributed by atoms with Crippen molar-refractivity contribution in [2.75, 3.05) is 45.3 Å². The van der Waals surface area contributed by atoms with Gasteiger partial charge in [0.1, 0.15) is 11.8 Å². The van der Waals surface area contributed by atoms with Gasteiger partial charge in [-0.1, -0.05) is 54.1 Å². The Labute approximate surface area is 258 Å². The second-order valence-corrected chi connectivity index (χ2v) is 12.2. The lowest BCUT2D eigenvalue weighted by atomic mass is 9.75. The molecule has 2 aromatic carbocycles. The van der Waals surface area contributed by atoms with Gasteiger partial charge in [-0.3, -0.25) is 19.3 Å². The summed E-state index contributed by atoms with van der Waals surface area (Å²) >= 11 is 6.22. The number of likely N-dealkylation sites (tertiary alicyclic amines) is 1. The Hall–Kier alpha value is -3.40. The number of fused-ring (bicyclic) bond motifs is 1. The van der Waals surface area contributed by atoms with Gasteiger partial charge in [0.25, 0.3) is 0 Å². The van der Waals surface area contributed by atoms with Crippen molar-refractivity contribution in [3.63, 3.8) is 0 Å². The van der Waals surface area contributed by atoms with Crippen molar-refractivity contribution in [3.8, 4) is 5.75 Å². The van der Waals surface area contributed by atoms with Gasteiger partial charge in [0.2, 0.25) is 17.7 Å². The minimum Gasteiger partial charge on any atom is -0.495 e. The number of nitrogens with one attached hydrogen (secondary N) is 3. The second kappa shape index (κ2) is 14.4. The molecule has 43 heavy (non-hydrogen) atoms. The average molecular weight is 609 g/mol. The molecule has 5 rings (SSSR count). The number of rotatable bonds is 6. The topological polar surface area (TPSA) is 109 Å². The van der Waals surface area contributed by atoms with Crippen molar-refractivity contribution in [1.82, 2.24) is 15.5 Å². The molecule has 3 amide bonds. The number of ether oxygens (including phenoxy) is 2. The van der Waals surface area contributed by atoms with Crippen LogP contribution in [0.25, 0.3) is 0 Å². The number of methoxy groups -OCH3 is 1. The zero-order valence-corrected chi connectivity index (χ0v) is 25.4. The van der Waals surface area contributed by atoms with Crippen LogP contribution >= 0.6 is 11.6 Å². The number of allylic oxidation sites excluding steroid dienone is 2. The first-order chi connectivity index (χ1) is 20.8. The Morgan fingerprint density at radius 2 is 1.91 bits per heavy atom. The summed E-state index contributed by atoms with van der Waals surface area (Å²) in [5, 5.41) is 9.78. The molecule has 0 aromatic heterocycles. The zero-order chi connectivity index (χ0) is 30.2. The molecule has 0 bridgehead atoms. The van der Waals surface area contributed by atoms with Crippen LogP contribution < -0.4 is 20.7 Å². The Kier molecular flexibility index (Phi) is 10.4. The number of benzene rings is 2. The van der Waals surface area contributed by atoms with E-state index in [1.807, 2.05) is 30.3 Å². The highest BCUT2D eigenvalue weighted by Gasteiger charge is 2.41. The summed E-state index contributed by atoms with van der Waals surface area (Å²) in [5.41, 5.74) is 1.01. The second-order valence-electron chi connectivity index (χ2n) is 11.8. The normalized spacial score (nSPS) is 25.3. The van der Waals surface area contributed by atoms with Gasteiger partial charge < -0.3 is 25.4 Å². The van der Waals surface area contributed by atoms with Crippen LogP contribution in [0.5, 0.6) is 5.75 Å². The highest BCUT2D eigenvalue weighted by molar-refractivity contribution is 6.32. The quantitative estimate of drug-likeness (QED) is 0.428. The Morgan fingerprint density at radius 1 is 1.12 bits per heavy atom. The molecule has 3 heterocycles. The molecular formula is C33H41ClN4O5. The van der Waals surface area contributed by atoms with Gasteiger partial charge in [-0.05, 0) is 61.8 Å². The third-order valence-corrected chi connectivity index (χ3v) is 9.19. The van der Waals surface area contributed by atoms with E-state index in [4.69, 9.17) is 21.1 Å². The Balaban J connectivity index is 1.30. The van der Waals surface area contributed by atoms with Gasteiger partial charge >= 0.3 is 0 Å². The van der Waals surface area contributed by atoms with E-state index in [-0.39, 0.29) is 36.2 Å². The standard InChI is InChI=1S/C33H41ClN4O5/c1-42-29-11-10-25(20-26(29)34)35-30(39)22-38-16-12-27-24(21-38)9-5-6-13-33(14-17-43-18-15-33)32(41)37-28(31(40)36-27)19-23-7-3-2-4-8-23/h2-8,10-11,20,24,27-28H,9,12-19,21-22H2,1H3,(H,35,39)(H,36,40)(H,37,41)/b6-5+/t24-,27+,28-/m0/s1. The monoisotopic (exact) mass is 608 g/mol. The molecule has 3 aliphatic rings. The molecule has 3 aliphatic heterocycles. The van der Waals surface area contributed by atoms with E-state index >= 15 is 0 Å². The highest BCUT2D eigenvalue weighted by atomic mass is 35.5. The van der Waals surface area contributed by atoms with Crippen LogP contribution in [-0.4, -0.2) is 74.7 Å². The summed E-state index contributed by atoms with van der Waals surface area (Å²) in [6.07, 6.45) is 7.98. The van der Waals surface area contributed by atoms with Crippen LogP contribution in [0.3, 0.4) is 0 Å². The summed E-state index contributed by atoms with van der Waals surface area (Å²) in [6, 6.07) is 14.2. The molecule has 0 saturated carbocycles. The molecule has 0 radical (unpaired) electrons. The molecular weight excluding hydrogens is 568 g/mol. The number of amides is 3. The van der Waals surface area contributed by atoms with Crippen molar-refractivity contribution < 1.29 is 23.9 Å². The molecule has 0 aliphatic carbocycles. The summed E-state index contributed by atoms with van der Waals surface area (Å²) in [7, 11) is 1.55. The van der Waals surface area contributed by atoms with Crippen LogP contribution in [-0.2, 0) is 25.5 Å². The van der Waals surface area contributed by atoms with Crippen molar-refractivity contribution >= 4 is 35.0 Å². The van der Waals surface area contributed by atoms with Gasteiger partial charge in [0.15, 0.2) is 0 Å². The number of carbonyl (C=O) groups excluding carboxylic acids is 3. The molecule has 2 fully saturated rings. The minimum atomic E-state index is -0.682. The number of hydrogen-bond acceptors (Lipinski definition) is 6. The molecule has 3 atom stereocenters. The molecule has 1 spiro atoms.